The smallest absolute Gasteiger partial charge is 0.497 e. The SMILES string of the molecule is COC(=O)C(C)C(SCc1ccc(OC)cc1)c1ccc(OC(=O)OC(C)(C)C)cc1. The zero-order valence-electron chi connectivity index (χ0n) is 18.8. The molecular formula is C24H30O6S. The third kappa shape index (κ3) is 7.83. The van der Waals surface area contributed by atoms with Crippen LogP contribution in [-0.4, -0.2) is 31.9 Å². The van der Waals surface area contributed by atoms with Crippen molar-refractivity contribution in [3.63, 3.8) is 0 Å². The Morgan fingerprint density at radius 3 is 2.03 bits per heavy atom. The van der Waals surface area contributed by atoms with Gasteiger partial charge >= 0.3 is 12.1 Å². The van der Waals surface area contributed by atoms with E-state index < -0.39 is 11.8 Å². The van der Waals surface area contributed by atoms with Gasteiger partial charge in [-0.3, -0.25) is 4.79 Å². The lowest BCUT2D eigenvalue weighted by molar-refractivity contribution is -0.144. The molecule has 0 N–H and O–H groups in total. The van der Waals surface area contributed by atoms with Crippen LogP contribution in [0.5, 0.6) is 11.5 Å². The molecule has 0 heterocycles. The van der Waals surface area contributed by atoms with Crippen LogP contribution in [0.15, 0.2) is 48.5 Å². The van der Waals surface area contributed by atoms with Gasteiger partial charge in [-0.2, -0.15) is 0 Å². The van der Waals surface area contributed by atoms with Gasteiger partial charge in [0.1, 0.15) is 17.1 Å². The van der Waals surface area contributed by atoms with Gasteiger partial charge in [0.2, 0.25) is 0 Å². The van der Waals surface area contributed by atoms with Crippen molar-refractivity contribution in [3.8, 4) is 11.5 Å². The summed E-state index contributed by atoms with van der Waals surface area (Å²) in [4.78, 5) is 24.1. The highest BCUT2D eigenvalue weighted by Gasteiger charge is 2.27. The molecule has 2 aromatic carbocycles. The van der Waals surface area contributed by atoms with E-state index in [-0.39, 0.29) is 17.1 Å². The average Bonchev–Trinajstić information content (AvgIpc) is 2.73. The van der Waals surface area contributed by atoms with E-state index in [0.29, 0.717) is 11.5 Å². The zero-order chi connectivity index (χ0) is 23.0. The first kappa shape index (κ1) is 24.6. The number of hydrogen-bond acceptors (Lipinski definition) is 7. The summed E-state index contributed by atoms with van der Waals surface area (Å²) >= 11 is 1.65. The van der Waals surface area contributed by atoms with Crippen molar-refractivity contribution < 1.29 is 28.5 Å². The summed E-state index contributed by atoms with van der Waals surface area (Å²) in [5.74, 6) is 1.26. The molecule has 0 aliphatic carbocycles. The Hall–Kier alpha value is -2.67. The van der Waals surface area contributed by atoms with Crippen molar-refractivity contribution in [1.29, 1.82) is 0 Å². The summed E-state index contributed by atoms with van der Waals surface area (Å²) in [6.45, 7) is 7.17. The molecule has 2 atom stereocenters. The largest absolute Gasteiger partial charge is 0.514 e. The van der Waals surface area contributed by atoms with Gasteiger partial charge in [-0.05, 0) is 56.2 Å². The minimum atomic E-state index is -0.756. The molecular weight excluding hydrogens is 416 g/mol. The Kier molecular flexibility index (Phi) is 8.80. The molecule has 0 amide bonds. The van der Waals surface area contributed by atoms with Crippen molar-refractivity contribution in [3.05, 3.63) is 59.7 Å². The lowest BCUT2D eigenvalue weighted by Gasteiger charge is -2.23. The third-order valence-electron chi connectivity index (χ3n) is 4.42. The molecule has 2 aromatic rings. The summed E-state index contributed by atoms with van der Waals surface area (Å²) in [5, 5.41) is -0.134. The van der Waals surface area contributed by atoms with Gasteiger partial charge in [0.15, 0.2) is 0 Å². The van der Waals surface area contributed by atoms with Crippen molar-refractivity contribution in [2.24, 2.45) is 5.92 Å². The van der Waals surface area contributed by atoms with Crippen LogP contribution >= 0.6 is 11.8 Å². The molecule has 0 fully saturated rings. The van der Waals surface area contributed by atoms with E-state index in [9.17, 15) is 9.59 Å². The molecule has 0 spiro atoms. The van der Waals surface area contributed by atoms with Crippen LogP contribution in [0.2, 0.25) is 0 Å². The molecule has 31 heavy (non-hydrogen) atoms. The summed E-state index contributed by atoms with van der Waals surface area (Å²) in [6.07, 6.45) is -0.756. The van der Waals surface area contributed by atoms with Crippen LogP contribution in [0.25, 0.3) is 0 Å². The maximum Gasteiger partial charge on any atom is 0.514 e. The molecule has 0 aliphatic rings. The van der Waals surface area contributed by atoms with Crippen molar-refractivity contribution >= 4 is 23.9 Å². The van der Waals surface area contributed by atoms with E-state index >= 15 is 0 Å². The van der Waals surface area contributed by atoms with Gasteiger partial charge in [0, 0.05) is 11.0 Å². The van der Waals surface area contributed by atoms with Gasteiger partial charge < -0.3 is 18.9 Å². The maximum atomic E-state index is 12.2. The molecule has 0 aromatic heterocycles. The molecule has 2 unspecified atom stereocenters. The molecule has 168 valence electrons. The molecule has 0 bridgehead atoms. The molecule has 0 saturated carbocycles. The predicted molar refractivity (Wildman–Crippen MR) is 122 cm³/mol. The number of rotatable bonds is 8. The number of carbonyl (C=O) groups is 2. The van der Waals surface area contributed by atoms with Gasteiger partial charge in [0.05, 0.1) is 20.1 Å². The second-order valence-corrected chi connectivity index (χ2v) is 9.16. The first-order valence-electron chi connectivity index (χ1n) is 9.96. The first-order chi connectivity index (χ1) is 14.6. The highest BCUT2D eigenvalue weighted by atomic mass is 32.2. The Labute approximate surface area is 188 Å². The molecule has 7 heteroatoms. The quantitative estimate of drug-likeness (QED) is 0.375. The highest BCUT2D eigenvalue weighted by molar-refractivity contribution is 7.98. The highest BCUT2D eigenvalue weighted by Crippen LogP contribution is 2.39. The minimum absolute atomic E-state index is 0.134. The van der Waals surface area contributed by atoms with Crippen LogP contribution in [0.1, 0.15) is 44.1 Å². The van der Waals surface area contributed by atoms with Crippen LogP contribution in [0.3, 0.4) is 0 Å². The molecule has 0 saturated heterocycles. The Morgan fingerprint density at radius 1 is 0.935 bits per heavy atom. The third-order valence-corrected chi connectivity index (χ3v) is 5.95. The molecule has 0 radical (unpaired) electrons. The van der Waals surface area contributed by atoms with E-state index in [1.165, 1.54) is 7.11 Å². The fourth-order valence-electron chi connectivity index (χ4n) is 2.84. The van der Waals surface area contributed by atoms with Crippen LogP contribution in [0, 0.1) is 5.92 Å². The standard InChI is InChI=1S/C24H30O6S/c1-16(22(25)28-6)21(31-15-17-7-11-19(27-5)12-8-17)18-9-13-20(14-10-18)29-23(26)30-24(2,3)4/h7-14,16,21H,15H2,1-6H3. The number of carbonyl (C=O) groups excluding carboxylic acids is 2. The number of esters is 1. The normalized spacial score (nSPS) is 13.1. The second kappa shape index (κ2) is 11.1. The van der Waals surface area contributed by atoms with Crippen LogP contribution in [0.4, 0.5) is 4.79 Å². The fourth-order valence-corrected chi connectivity index (χ4v) is 4.15. The van der Waals surface area contributed by atoms with Crippen molar-refractivity contribution in [2.75, 3.05) is 14.2 Å². The van der Waals surface area contributed by atoms with E-state index in [1.807, 2.05) is 43.3 Å². The number of ether oxygens (including phenoxy) is 4. The fraction of sp³-hybridized carbons (Fsp3) is 0.417. The van der Waals surface area contributed by atoms with E-state index in [4.69, 9.17) is 18.9 Å². The lowest BCUT2D eigenvalue weighted by Crippen LogP contribution is -2.26. The monoisotopic (exact) mass is 446 g/mol. The zero-order valence-corrected chi connectivity index (χ0v) is 19.7. The average molecular weight is 447 g/mol. The molecule has 2 rings (SSSR count). The van der Waals surface area contributed by atoms with Crippen LogP contribution < -0.4 is 9.47 Å². The predicted octanol–water partition coefficient (Wildman–Crippen LogP) is 5.79. The first-order valence-corrected chi connectivity index (χ1v) is 11.0. The Balaban J connectivity index is 2.13. The molecule has 0 aliphatic heterocycles. The number of benzene rings is 2. The summed E-state index contributed by atoms with van der Waals surface area (Å²) in [7, 11) is 3.02. The van der Waals surface area contributed by atoms with Gasteiger partial charge in [-0.1, -0.05) is 31.2 Å². The van der Waals surface area contributed by atoms with E-state index in [1.54, 1.807) is 51.8 Å². The second-order valence-electron chi connectivity index (χ2n) is 8.03. The van der Waals surface area contributed by atoms with E-state index in [0.717, 1.165) is 16.9 Å². The summed E-state index contributed by atoms with van der Waals surface area (Å²) in [5.41, 5.74) is 1.43. The number of thioether (sulfide) groups is 1. The molecule has 6 nitrogen and oxygen atoms in total. The topological polar surface area (TPSA) is 71.1 Å². The lowest BCUT2D eigenvalue weighted by atomic mass is 10.0. The Bertz CT molecular complexity index is 855. The van der Waals surface area contributed by atoms with Crippen molar-refractivity contribution in [2.45, 2.75) is 44.3 Å². The minimum Gasteiger partial charge on any atom is -0.497 e. The number of methoxy groups -OCH3 is 2. The van der Waals surface area contributed by atoms with Crippen LogP contribution in [-0.2, 0) is 20.0 Å². The summed E-state index contributed by atoms with van der Waals surface area (Å²) < 4.78 is 20.6. The number of hydrogen-bond donors (Lipinski definition) is 0. The van der Waals surface area contributed by atoms with E-state index in [2.05, 4.69) is 0 Å². The Morgan fingerprint density at radius 2 is 1.52 bits per heavy atom. The van der Waals surface area contributed by atoms with Crippen molar-refractivity contribution in [1.82, 2.24) is 0 Å². The maximum absolute atomic E-state index is 12.2. The van der Waals surface area contributed by atoms with Gasteiger partial charge in [-0.15, -0.1) is 11.8 Å². The summed E-state index contributed by atoms with van der Waals surface area (Å²) in [6, 6.07) is 14.9. The van der Waals surface area contributed by atoms with Gasteiger partial charge in [0.25, 0.3) is 0 Å². The van der Waals surface area contributed by atoms with Gasteiger partial charge in [-0.25, -0.2) is 4.79 Å².